The number of hydrogen-bond donors (Lipinski definition) is 5. The summed E-state index contributed by atoms with van der Waals surface area (Å²) in [5, 5.41) is 30.9. The molecule has 0 atom stereocenters. The maximum absolute atomic E-state index is 11.9. The Morgan fingerprint density at radius 3 is 2.66 bits per heavy atom. The molecular formula is C21H22BN7O3. The number of fused-ring (bicyclic) bond motifs is 1. The normalized spacial score (nSPS) is 11.0. The third-order valence-corrected chi connectivity index (χ3v) is 5.16. The Hall–Kier alpha value is -3.80. The van der Waals surface area contributed by atoms with Gasteiger partial charge in [0.05, 0.1) is 5.52 Å². The number of carbonyl (C=O) groups excluding carboxylic acids is 1. The van der Waals surface area contributed by atoms with Crippen LogP contribution in [0, 0.1) is 6.92 Å². The fraction of sp³-hybridized carbons (Fsp3) is 0.143. The highest BCUT2D eigenvalue weighted by atomic mass is 16.4. The van der Waals surface area contributed by atoms with E-state index < -0.39 is 13.0 Å². The molecule has 7 N–H and O–H groups in total. The first-order valence-corrected chi connectivity index (χ1v) is 9.92. The van der Waals surface area contributed by atoms with Gasteiger partial charge in [-0.05, 0) is 35.6 Å². The molecule has 162 valence electrons. The van der Waals surface area contributed by atoms with Crippen molar-refractivity contribution in [2.75, 3.05) is 5.32 Å². The Kier molecular flexibility index (Phi) is 5.86. The molecule has 0 bridgehead atoms. The Morgan fingerprint density at radius 1 is 1.16 bits per heavy atom. The average Bonchev–Trinajstić information content (AvgIpc) is 3.13. The van der Waals surface area contributed by atoms with Gasteiger partial charge < -0.3 is 26.8 Å². The van der Waals surface area contributed by atoms with E-state index in [-0.39, 0.29) is 24.0 Å². The Morgan fingerprint density at radius 2 is 1.94 bits per heavy atom. The molecule has 0 radical (unpaired) electrons. The van der Waals surface area contributed by atoms with Gasteiger partial charge >= 0.3 is 7.12 Å². The topological polar surface area (TPSA) is 165 Å². The van der Waals surface area contributed by atoms with E-state index in [4.69, 9.17) is 11.5 Å². The molecular weight excluding hydrogens is 409 g/mol. The lowest BCUT2D eigenvalue weighted by Crippen LogP contribution is -2.30. The molecule has 0 saturated carbocycles. The lowest BCUT2D eigenvalue weighted by Gasteiger charge is -2.12. The third kappa shape index (κ3) is 4.04. The number of hydrogen-bond acceptors (Lipinski definition) is 8. The maximum atomic E-state index is 11.9. The van der Waals surface area contributed by atoms with Gasteiger partial charge in [0.15, 0.2) is 11.5 Å². The number of benzene rings is 2. The molecule has 2 heterocycles. The highest BCUT2D eigenvalue weighted by Gasteiger charge is 2.18. The lowest BCUT2D eigenvalue weighted by molar-refractivity contribution is 0.0995. The molecule has 2 aromatic heterocycles. The van der Waals surface area contributed by atoms with Crippen molar-refractivity contribution in [3.05, 3.63) is 71.0 Å². The molecule has 32 heavy (non-hydrogen) atoms. The van der Waals surface area contributed by atoms with Gasteiger partial charge in [-0.1, -0.05) is 36.4 Å². The molecule has 0 saturated heterocycles. The van der Waals surface area contributed by atoms with Gasteiger partial charge in [0.1, 0.15) is 0 Å². The molecule has 2 aromatic carbocycles. The summed E-state index contributed by atoms with van der Waals surface area (Å²) in [6.07, 6.45) is 0. The zero-order chi connectivity index (χ0) is 22.8. The van der Waals surface area contributed by atoms with Crippen LogP contribution < -0.4 is 22.2 Å². The highest BCUT2D eigenvalue weighted by Crippen LogP contribution is 2.26. The van der Waals surface area contributed by atoms with Crippen molar-refractivity contribution in [2.24, 2.45) is 11.5 Å². The molecule has 0 unspecified atom stereocenters. The predicted octanol–water partition coefficient (Wildman–Crippen LogP) is -0.0266. The van der Waals surface area contributed by atoms with Gasteiger partial charge in [-0.15, -0.1) is 10.2 Å². The van der Waals surface area contributed by atoms with Gasteiger partial charge in [-0.25, -0.2) is 0 Å². The van der Waals surface area contributed by atoms with Crippen molar-refractivity contribution < 1.29 is 14.8 Å². The molecule has 0 spiro atoms. The summed E-state index contributed by atoms with van der Waals surface area (Å²) >= 11 is 0. The van der Waals surface area contributed by atoms with E-state index in [9.17, 15) is 14.8 Å². The lowest BCUT2D eigenvalue weighted by atomic mass is 9.80. The summed E-state index contributed by atoms with van der Waals surface area (Å²) in [5.74, 6) is -0.314. The van der Waals surface area contributed by atoms with Gasteiger partial charge in [0.25, 0.3) is 11.9 Å². The first-order chi connectivity index (χ1) is 15.4. The minimum atomic E-state index is -1.58. The van der Waals surface area contributed by atoms with Crippen molar-refractivity contribution in [1.82, 2.24) is 19.7 Å². The SMILES string of the molecule is Cc1cc2c(CN)cccc2n1-c1nnc(C(N)=O)c(NCc2cccc(B(O)O)c2)n1. The van der Waals surface area contributed by atoms with Crippen LogP contribution in [0.25, 0.3) is 16.9 Å². The van der Waals surface area contributed by atoms with E-state index in [2.05, 4.69) is 20.5 Å². The quantitative estimate of drug-likeness (QED) is 0.255. The number of nitrogens with one attached hydrogen (secondary N) is 1. The van der Waals surface area contributed by atoms with Crippen LogP contribution in [0.5, 0.6) is 0 Å². The average molecular weight is 431 g/mol. The minimum absolute atomic E-state index is 0.0936. The van der Waals surface area contributed by atoms with Gasteiger partial charge in [-0.2, -0.15) is 4.98 Å². The largest absolute Gasteiger partial charge is 0.488 e. The fourth-order valence-corrected chi connectivity index (χ4v) is 3.62. The van der Waals surface area contributed by atoms with Gasteiger partial charge in [-0.3, -0.25) is 9.36 Å². The predicted molar refractivity (Wildman–Crippen MR) is 121 cm³/mol. The Balaban J connectivity index is 1.73. The summed E-state index contributed by atoms with van der Waals surface area (Å²) in [7, 11) is -1.58. The maximum Gasteiger partial charge on any atom is 0.488 e. The first-order valence-electron chi connectivity index (χ1n) is 9.92. The zero-order valence-corrected chi connectivity index (χ0v) is 17.4. The summed E-state index contributed by atoms with van der Waals surface area (Å²) in [6.45, 7) is 2.57. The number of rotatable bonds is 7. The molecule has 1 amide bonds. The van der Waals surface area contributed by atoms with E-state index in [1.165, 1.54) is 0 Å². The Bertz CT molecular complexity index is 1310. The Labute approximate surface area is 184 Å². The van der Waals surface area contributed by atoms with Crippen molar-refractivity contribution >= 4 is 35.2 Å². The van der Waals surface area contributed by atoms with Crippen LogP contribution in [0.3, 0.4) is 0 Å². The van der Waals surface area contributed by atoms with Crippen LogP contribution >= 0.6 is 0 Å². The number of primary amides is 1. The molecule has 0 aliphatic heterocycles. The van der Waals surface area contributed by atoms with Crippen LogP contribution in [-0.4, -0.2) is 42.8 Å². The second kappa shape index (κ2) is 8.75. The zero-order valence-electron chi connectivity index (χ0n) is 17.4. The third-order valence-electron chi connectivity index (χ3n) is 5.16. The number of anilines is 1. The van der Waals surface area contributed by atoms with E-state index in [0.717, 1.165) is 27.7 Å². The number of nitrogens with two attached hydrogens (primary N) is 2. The van der Waals surface area contributed by atoms with E-state index in [1.807, 2.05) is 35.8 Å². The summed E-state index contributed by atoms with van der Waals surface area (Å²) in [5.41, 5.74) is 15.1. The van der Waals surface area contributed by atoms with Crippen molar-refractivity contribution in [2.45, 2.75) is 20.0 Å². The van der Waals surface area contributed by atoms with Crippen LogP contribution in [0.1, 0.15) is 27.3 Å². The summed E-state index contributed by atoms with van der Waals surface area (Å²) in [4.78, 5) is 16.4. The van der Waals surface area contributed by atoms with Crippen LogP contribution in [0.15, 0.2) is 48.5 Å². The van der Waals surface area contributed by atoms with Crippen LogP contribution in [0.4, 0.5) is 5.82 Å². The van der Waals surface area contributed by atoms with E-state index >= 15 is 0 Å². The molecule has 4 rings (SSSR count). The first kappa shape index (κ1) is 21.4. The number of aromatic nitrogens is 4. The molecule has 0 fully saturated rings. The standard InChI is InChI=1S/C21H22BN7O3/c1-12-8-16-14(10-23)5-3-7-17(16)29(12)21-26-20(18(19(24)30)27-28-21)25-11-13-4-2-6-15(9-13)22(31)32/h2-9,31-32H,10-11,23H2,1H3,(H2,24,30)(H,25,26,28). The monoisotopic (exact) mass is 431 g/mol. The number of aryl methyl sites for hydroxylation is 1. The van der Waals surface area contributed by atoms with Crippen LogP contribution in [0.2, 0.25) is 0 Å². The molecule has 10 nitrogen and oxygen atoms in total. The smallest absolute Gasteiger partial charge is 0.423 e. The minimum Gasteiger partial charge on any atom is -0.423 e. The highest BCUT2D eigenvalue weighted by molar-refractivity contribution is 6.58. The molecule has 0 aliphatic carbocycles. The summed E-state index contributed by atoms with van der Waals surface area (Å²) in [6, 6.07) is 14.6. The number of nitrogens with zero attached hydrogens (tertiary/aromatic N) is 4. The second-order valence-corrected chi connectivity index (χ2v) is 7.32. The van der Waals surface area contributed by atoms with Crippen LogP contribution in [-0.2, 0) is 13.1 Å². The van der Waals surface area contributed by atoms with Crippen molar-refractivity contribution in [3.63, 3.8) is 0 Å². The van der Waals surface area contributed by atoms with Crippen molar-refractivity contribution in [1.29, 1.82) is 0 Å². The van der Waals surface area contributed by atoms with Crippen molar-refractivity contribution in [3.8, 4) is 5.95 Å². The molecule has 4 aromatic rings. The molecule has 0 aliphatic rings. The number of carbonyl (C=O) groups is 1. The second-order valence-electron chi connectivity index (χ2n) is 7.32. The fourth-order valence-electron chi connectivity index (χ4n) is 3.62. The van der Waals surface area contributed by atoms with E-state index in [1.54, 1.807) is 24.3 Å². The molecule has 11 heteroatoms. The number of amides is 1. The summed E-state index contributed by atoms with van der Waals surface area (Å²) < 4.78 is 1.83. The van der Waals surface area contributed by atoms with E-state index in [0.29, 0.717) is 12.0 Å². The van der Waals surface area contributed by atoms with Gasteiger partial charge in [0, 0.05) is 24.2 Å². The van der Waals surface area contributed by atoms with Gasteiger partial charge in [0.2, 0.25) is 0 Å².